The number of aromatic hydroxyl groups is 1. The number of carboxylic acid groups (broad SMARTS) is 1. The van der Waals surface area contributed by atoms with Crippen LogP contribution in [0.5, 0.6) is 5.75 Å². The van der Waals surface area contributed by atoms with Crippen LogP contribution in [-0.4, -0.2) is 28.1 Å². The van der Waals surface area contributed by atoms with Gasteiger partial charge >= 0.3 is 5.97 Å². The normalized spacial score (nSPS) is 11.9. The van der Waals surface area contributed by atoms with Crippen LogP contribution in [0.3, 0.4) is 0 Å². The molecule has 1 aromatic carbocycles. The Morgan fingerprint density at radius 2 is 1.15 bits per heavy atom. The Kier molecular flexibility index (Phi) is 17.1. The van der Waals surface area contributed by atoms with E-state index in [9.17, 15) is 19.8 Å². The molecule has 0 radical (unpaired) electrons. The molecule has 1 aromatic rings. The highest BCUT2D eigenvalue weighted by Gasteiger charge is 2.20. The predicted octanol–water partition coefficient (Wildman–Crippen LogP) is 7.16. The third-order valence-electron chi connectivity index (χ3n) is 6.27. The molecule has 0 aliphatic heterocycles. The molecule has 0 aromatic heterocycles. The molecule has 0 heterocycles. The van der Waals surface area contributed by atoms with Crippen molar-refractivity contribution in [1.82, 2.24) is 5.32 Å². The van der Waals surface area contributed by atoms with Crippen LogP contribution in [0.15, 0.2) is 24.3 Å². The van der Waals surface area contributed by atoms with E-state index in [4.69, 9.17) is 0 Å². The van der Waals surface area contributed by atoms with Gasteiger partial charge in [0.1, 0.15) is 11.8 Å². The van der Waals surface area contributed by atoms with Crippen LogP contribution in [0.25, 0.3) is 0 Å². The van der Waals surface area contributed by atoms with Crippen molar-refractivity contribution in [2.24, 2.45) is 0 Å². The van der Waals surface area contributed by atoms with Crippen molar-refractivity contribution in [3.63, 3.8) is 0 Å². The molecule has 0 fully saturated rings. The van der Waals surface area contributed by atoms with Gasteiger partial charge < -0.3 is 15.5 Å². The topological polar surface area (TPSA) is 86.6 Å². The summed E-state index contributed by atoms with van der Waals surface area (Å²) < 4.78 is 0. The lowest BCUT2D eigenvalue weighted by molar-refractivity contribution is -0.141. The standard InChI is InChI=1S/C28H47NO4/c1-2-3-4-5-6-7-8-9-10-11-12-13-14-15-16-17-18-27(31)29-26(28(32)33)23-24-19-21-25(30)22-20-24/h19-22,26,30H,2-18,23H2,1H3,(H,29,31)(H,32,33)/t26-/m0/s1. The second-order valence-electron chi connectivity index (χ2n) is 9.38. The largest absolute Gasteiger partial charge is 0.508 e. The van der Waals surface area contributed by atoms with E-state index >= 15 is 0 Å². The summed E-state index contributed by atoms with van der Waals surface area (Å²) in [6.45, 7) is 2.26. The minimum atomic E-state index is -1.04. The fourth-order valence-corrected chi connectivity index (χ4v) is 4.17. The van der Waals surface area contributed by atoms with Crippen molar-refractivity contribution in [2.45, 2.75) is 129 Å². The molecule has 0 saturated heterocycles. The molecule has 3 N–H and O–H groups in total. The highest BCUT2D eigenvalue weighted by molar-refractivity contribution is 5.83. The van der Waals surface area contributed by atoms with Crippen LogP contribution in [-0.2, 0) is 16.0 Å². The summed E-state index contributed by atoms with van der Waals surface area (Å²) in [5.74, 6) is -1.10. The highest BCUT2D eigenvalue weighted by atomic mass is 16.4. The van der Waals surface area contributed by atoms with Gasteiger partial charge in [0.25, 0.3) is 0 Å². The number of carbonyl (C=O) groups excluding carboxylic acids is 1. The molecule has 1 amide bonds. The first-order chi connectivity index (χ1) is 16.0. The zero-order valence-electron chi connectivity index (χ0n) is 20.8. The average molecular weight is 462 g/mol. The quantitative estimate of drug-likeness (QED) is 0.170. The third kappa shape index (κ3) is 16.3. The second-order valence-corrected chi connectivity index (χ2v) is 9.38. The molecular weight excluding hydrogens is 414 g/mol. The van der Waals surface area contributed by atoms with Crippen LogP contribution < -0.4 is 5.32 Å². The Morgan fingerprint density at radius 1 is 0.727 bits per heavy atom. The average Bonchev–Trinajstić information content (AvgIpc) is 2.79. The van der Waals surface area contributed by atoms with Crippen molar-refractivity contribution >= 4 is 11.9 Å². The number of rotatable bonds is 21. The Labute approximate surface area is 201 Å². The number of amides is 1. The molecule has 5 nitrogen and oxygen atoms in total. The van der Waals surface area contributed by atoms with Crippen molar-refractivity contribution in [3.8, 4) is 5.75 Å². The van der Waals surface area contributed by atoms with E-state index in [0.29, 0.717) is 6.42 Å². The van der Waals surface area contributed by atoms with Crippen LogP contribution in [0.1, 0.15) is 122 Å². The van der Waals surface area contributed by atoms with Gasteiger partial charge in [-0.15, -0.1) is 0 Å². The maximum atomic E-state index is 12.1. The number of unbranched alkanes of at least 4 members (excludes halogenated alkanes) is 15. The molecule has 0 aliphatic carbocycles. The van der Waals surface area contributed by atoms with Gasteiger partial charge in [-0.25, -0.2) is 4.79 Å². The van der Waals surface area contributed by atoms with Gasteiger partial charge in [0.05, 0.1) is 0 Å². The molecule has 0 aliphatic rings. The Bertz CT molecular complexity index is 629. The first-order valence-corrected chi connectivity index (χ1v) is 13.3. The summed E-state index contributed by atoms with van der Waals surface area (Å²) in [4.78, 5) is 23.6. The lowest BCUT2D eigenvalue weighted by Crippen LogP contribution is -2.42. The molecule has 188 valence electrons. The van der Waals surface area contributed by atoms with E-state index in [-0.39, 0.29) is 18.1 Å². The summed E-state index contributed by atoms with van der Waals surface area (Å²) in [6, 6.07) is 5.45. The molecule has 0 bridgehead atoms. The molecule has 0 unspecified atom stereocenters. The molecule has 1 rings (SSSR count). The Balaban J connectivity index is 1.96. The van der Waals surface area contributed by atoms with Crippen LogP contribution in [0, 0.1) is 0 Å². The van der Waals surface area contributed by atoms with E-state index in [1.807, 2.05) is 0 Å². The van der Waals surface area contributed by atoms with E-state index in [1.54, 1.807) is 12.1 Å². The monoisotopic (exact) mass is 461 g/mol. The van der Waals surface area contributed by atoms with Gasteiger partial charge in [-0.1, -0.05) is 115 Å². The maximum Gasteiger partial charge on any atom is 0.326 e. The van der Waals surface area contributed by atoms with Gasteiger partial charge in [-0.2, -0.15) is 0 Å². The molecule has 5 heteroatoms. The number of carbonyl (C=O) groups is 2. The fraction of sp³-hybridized carbons (Fsp3) is 0.714. The number of hydrogen-bond donors (Lipinski definition) is 3. The van der Waals surface area contributed by atoms with Crippen LogP contribution in [0.4, 0.5) is 0 Å². The molecule has 0 spiro atoms. The fourth-order valence-electron chi connectivity index (χ4n) is 4.17. The lowest BCUT2D eigenvalue weighted by atomic mass is 10.0. The smallest absolute Gasteiger partial charge is 0.326 e. The van der Waals surface area contributed by atoms with Crippen LogP contribution in [0.2, 0.25) is 0 Å². The van der Waals surface area contributed by atoms with Crippen molar-refractivity contribution in [2.75, 3.05) is 0 Å². The van der Waals surface area contributed by atoms with Crippen molar-refractivity contribution in [1.29, 1.82) is 0 Å². The number of nitrogens with one attached hydrogen (secondary N) is 1. The van der Waals surface area contributed by atoms with E-state index in [1.165, 1.54) is 95.6 Å². The third-order valence-corrected chi connectivity index (χ3v) is 6.27. The minimum Gasteiger partial charge on any atom is -0.508 e. The zero-order valence-corrected chi connectivity index (χ0v) is 20.8. The number of benzene rings is 1. The van der Waals surface area contributed by atoms with Gasteiger partial charge in [-0.05, 0) is 24.1 Å². The zero-order chi connectivity index (χ0) is 24.2. The second kappa shape index (κ2) is 19.4. The Hall–Kier alpha value is -2.04. The number of carboxylic acids is 1. The summed E-state index contributed by atoms with van der Waals surface area (Å²) in [5.41, 5.74) is 0.767. The predicted molar refractivity (Wildman–Crippen MR) is 136 cm³/mol. The summed E-state index contributed by atoms with van der Waals surface area (Å²) in [5, 5.41) is 21.3. The highest BCUT2D eigenvalue weighted by Crippen LogP contribution is 2.14. The Morgan fingerprint density at radius 3 is 1.58 bits per heavy atom. The van der Waals surface area contributed by atoms with Crippen molar-refractivity contribution < 1.29 is 19.8 Å². The SMILES string of the molecule is CCCCCCCCCCCCCCCCCCC(=O)N[C@@H](Cc1ccc(O)cc1)C(=O)O. The maximum absolute atomic E-state index is 12.1. The van der Waals surface area contributed by atoms with Crippen molar-refractivity contribution in [3.05, 3.63) is 29.8 Å². The first kappa shape index (κ1) is 29.0. The van der Waals surface area contributed by atoms with E-state index in [2.05, 4.69) is 12.2 Å². The van der Waals surface area contributed by atoms with Gasteiger partial charge in [-0.3, -0.25) is 4.79 Å². The van der Waals surface area contributed by atoms with Gasteiger partial charge in [0, 0.05) is 12.8 Å². The number of aliphatic carboxylic acids is 1. The summed E-state index contributed by atoms with van der Waals surface area (Å²) in [6.07, 6.45) is 21.2. The van der Waals surface area contributed by atoms with Gasteiger partial charge in [0.15, 0.2) is 0 Å². The minimum absolute atomic E-state index is 0.137. The number of hydrogen-bond acceptors (Lipinski definition) is 3. The number of phenols is 1. The van der Waals surface area contributed by atoms with E-state index in [0.717, 1.165) is 24.8 Å². The number of phenolic OH excluding ortho intramolecular Hbond substituents is 1. The lowest BCUT2D eigenvalue weighted by Gasteiger charge is -2.14. The molecular formula is C28H47NO4. The summed E-state index contributed by atoms with van der Waals surface area (Å²) >= 11 is 0. The van der Waals surface area contributed by atoms with Crippen LogP contribution >= 0.6 is 0 Å². The molecule has 33 heavy (non-hydrogen) atoms. The van der Waals surface area contributed by atoms with Gasteiger partial charge in [0.2, 0.25) is 5.91 Å². The molecule has 1 atom stereocenters. The van der Waals surface area contributed by atoms with E-state index < -0.39 is 12.0 Å². The summed E-state index contributed by atoms with van der Waals surface area (Å²) in [7, 11) is 0. The first-order valence-electron chi connectivity index (χ1n) is 13.3. The molecule has 0 saturated carbocycles.